The number of Topliss-reactive ketones (excluding diaryl/α,β-unsaturated/α-hetero) is 1. The van der Waals surface area contributed by atoms with Crippen molar-refractivity contribution in [3.05, 3.63) is 24.3 Å². The number of carbonyl (C=O) groups is 1. The first-order chi connectivity index (χ1) is 38.3. The molecule has 20 heteroatoms. The topological polar surface area (TPSA) is 174 Å². The number of ether oxygens (including phenoxy) is 8. The number of hydrogen-bond donors (Lipinski definition) is 1. The molecule has 0 aromatic rings. The molecule has 0 aliphatic carbocycles. The van der Waals surface area contributed by atoms with Crippen molar-refractivity contribution in [3.8, 4) is 0 Å². The lowest BCUT2D eigenvalue weighted by Gasteiger charge is -2.47. The maximum atomic E-state index is 14.0. The van der Waals surface area contributed by atoms with Gasteiger partial charge in [0.15, 0.2) is 30.7 Å². The second-order valence-electron chi connectivity index (χ2n) is 24.9. The number of aliphatic hydroxyl groups is 1. The third kappa shape index (κ3) is 15.1. The smallest absolute Gasteiger partial charge is 0.337 e. The van der Waals surface area contributed by atoms with E-state index in [9.17, 15) is 14.5 Å². The highest BCUT2D eigenvalue weighted by atomic mass is 31.2. The van der Waals surface area contributed by atoms with Crippen molar-refractivity contribution in [3.63, 3.8) is 0 Å². The van der Waals surface area contributed by atoms with E-state index in [4.69, 9.17) is 60.2 Å². The summed E-state index contributed by atoms with van der Waals surface area (Å²) in [7, 11) is -5.38. The van der Waals surface area contributed by atoms with Crippen LogP contribution in [0.1, 0.15) is 146 Å². The molecule has 8 fully saturated rings. The van der Waals surface area contributed by atoms with E-state index < -0.39 is 50.5 Å². The molecular formula is C60H109O16PSi3. The van der Waals surface area contributed by atoms with Crippen LogP contribution in [0.5, 0.6) is 0 Å². The second kappa shape index (κ2) is 29.4. The minimum Gasteiger partial charge on any atom is -0.414 e. The van der Waals surface area contributed by atoms with Gasteiger partial charge in [-0.3, -0.25) is 9.36 Å². The van der Waals surface area contributed by atoms with Crippen molar-refractivity contribution in [1.82, 2.24) is 0 Å². The van der Waals surface area contributed by atoms with E-state index in [1.54, 1.807) is 7.11 Å². The Bertz CT molecular complexity index is 2010. The Balaban J connectivity index is 1.01. The van der Waals surface area contributed by atoms with Crippen molar-refractivity contribution in [2.24, 2.45) is 11.8 Å². The number of hydrogen-bond acceptors (Lipinski definition) is 16. The Hall–Kier alpha value is -0.529. The van der Waals surface area contributed by atoms with E-state index in [0.29, 0.717) is 45.1 Å². The second-order valence-corrected chi connectivity index (χ2v) is 41.4. The van der Waals surface area contributed by atoms with Crippen LogP contribution in [0.15, 0.2) is 24.3 Å². The van der Waals surface area contributed by atoms with Gasteiger partial charge in [0.1, 0.15) is 42.5 Å². The summed E-state index contributed by atoms with van der Waals surface area (Å²) in [6, 6.07) is 9.23. The molecule has 6 bridgehead atoms. The molecule has 8 aliphatic rings. The minimum absolute atomic E-state index is 0.0235. The molecule has 0 aromatic carbocycles. The van der Waals surface area contributed by atoms with E-state index in [1.165, 1.54) is 14.2 Å². The van der Waals surface area contributed by atoms with Crippen molar-refractivity contribution in [2.45, 2.75) is 298 Å². The first kappa shape index (κ1) is 67.0. The average Bonchev–Trinajstić information content (AvgIpc) is 4.34. The van der Waals surface area contributed by atoms with Crippen LogP contribution in [-0.4, -0.2) is 174 Å². The molecule has 0 aromatic heterocycles. The van der Waals surface area contributed by atoms with Crippen LogP contribution in [0.25, 0.3) is 0 Å². The fourth-order valence-electron chi connectivity index (χ4n) is 14.9. The van der Waals surface area contributed by atoms with Crippen LogP contribution in [-0.2, 0) is 69.6 Å². The quantitative estimate of drug-likeness (QED) is 0.0356. The Labute approximate surface area is 485 Å². The molecule has 1 N–H and O–H groups in total. The SMILES string of the molecule is C=C1C[C@H](CCC23C[C@H]4O[C@H]5[C@@H](O2)[C@@H](O[Si](CC)(CC)CC)[C@H](CCCO)O[C@H]5[C@H]4O3)O[C@H]1CC[C@H]1C[C@@H](C)C(=C)[C@@H](C[C@@H]2O[C@H](CC(CO[Si](CC)(CC)CC)O[Si](CC)(CC)CC)[C@H](OC)[C@H]2CC(=O)CP(=O)(OC)OC)O1. The molecular weight excluding hydrogens is 1090 g/mol. The van der Waals surface area contributed by atoms with Crippen LogP contribution in [0.3, 0.4) is 0 Å². The summed E-state index contributed by atoms with van der Waals surface area (Å²) < 4.78 is 101. The highest BCUT2D eigenvalue weighted by Gasteiger charge is 2.68. The fraction of sp³-hybridized carbons (Fsp3) is 0.917. The molecule has 80 heavy (non-hydrogen) atoms. The van der Waals surface area contributed by atoms with Crippen LogP contribution >= 0.6 is 7.60 Å². The average molecular weight is 1200 g/mol. The predicted octanol–water partition coefficient (Wildman–Crippen LogP) is 12.2. The monoisotopic (exact) mass is 1200 g/mol. The lowest BCUT2D eigenvalue weighted by Crippen LogP contribution is -2.62. The highest BCUT2D eigenvalue weighted by molar-refractivity contribution is 7.54. The molecule has 2 unspecified atom stereocenters. The van der Waals surface area contributed by atoms with E-state index in [1.807, 2.05) is 0 Å². The van der Waals surface area contributed by atoms with Crippen molar-refractivity contribution < 1.29 is 74.7 Å². The molecule has 8 aliphatic heterocycles. The van der Waals surface area contributed by atoms with Gasteiger partial charge in [-0.25, -0.2) is 0 Å². The summed E-state index contributed by atoms with van der Waals surface area (Å²) in [5.74, 6) is -1.21. The molecule has 8 heterocycles. The summed E-state index contributed by atoms with van der Waals surface area (Å²) in [5, 5.41) is 9.87. The molecule has 18 atom stereocenters. The highest BCUT2D eigenvalue weighted by Crippen LogP contribution is 2.55. The van der Waals surface area contributed by atoms with Crippen molar-refractivity contribution in [2.75, 3.05) is 40.7 Å². The van der Waals surface area contributed by atoms with Gasteiger partial charge in [0, 0.05) is 66.0 Å². The molecule has 462 valence electrons. The van der Waals surface area contributed by atoms with Crippen LogP contribution in [0, 0.1) is 11.8 Å². The zero-order valence-corrected chi connectivity index (χ0v) is 55.6. The molecule has 0 radical (unpaired) electrons. The van der Waals surface area contributed by atoms with Gasteiger partial charge < -0.3 is 65.3 Å². The third-order valence-electron chi connectivity index (χ3n) is 20.9. The van der Waals surface area contributed by atoms with Gasteiger partial charge in [0.25, 0.3) is 0 Å². The van der Waals surface area contributed by atoms with Gasteiger partial charge in [0.2, 0.25) is 0 Å². The Morgan fingerprint density at radius 2 is 1.34 bits per heavy atom. The van der Waals surface area contributed by atoms with Crippen molar-refractivity contribution >= 4 is 38.3 Å². The van der Waals surface area contributed by atoms with Gasteiger partial charge in [-0.05, 0) is 116 Å². The number of ketones is 1. The van der Waals surface area contributed by atoms with E-state index in [2.05, 4.69) is 82.4 Å². The largest absolute Gasteiger partial charge is 0.414 e. The number of rotatable bonds is 36. The first-order valence-electron chi connectivity index (χ1n) is 31.6. The zero-order valence-electron chi connectivity index (χ0n) is 51.7. The van der Waals surface area contributed by atoms with E-state index in [0.717, 1.165) is 97.6 Å². The summed E-state index contributed by atoms with van der Waals surface area (Å²) in [6.45, 7) is 32.3. The Morgan fingerprint density at radius 3 is 1.95 bits per heavy atom. The van der Waals surface area contributed by atoms with Gasteiger partial charge in [-0.15, -0.1) is 0 Å². The summed E-state index contributed by atoms with van der Waals surface area (Å²) in [5.41, 5.74) is 2.12. The summed E-state index contributed by atoms with van der Waals surface area (Å²) >= 11 is 0. The minimum atomic E-state index is -3.61. The first-order valence-corrected chi connectivity index (χ1v) is 41.0. The van der Waals surface area contributed by atoms with Crippen LogP contribution in [0.4, 0.5) is 0 Å². The lowest BCUT2D eigenvalue weighted by atomic mass is 9.82. The van der Waals surface area contributed by atoms with E-state index in [-0.39, 0.29) is 116 Å². The standard InChI is InChI=1S/C60H109O16PSi3/c1-16-78(17-2,18-3)67-38-46(75-79(19-4,20-5)21-6)35-52-54(64-13)47(34-43(62)39-77(63,65-14)66-15)51(70-52)36-50-42(12)40(10)32-44(69-50)27-28-48-41(11)33-45(68-48)29-30-60-37-53-55(73-60)57-58(72-53)59(74-60)56(49(71-57)26-25-31-61)76-80(22-7,23-8)24-9/h40,44-59,61H,11-12,16-39H2,1-10,13-15H3/t40-,44+,45+,46?,47+,48+,49+,50-,51+,52-,53-,54-,55+,56+,57+,58-,59+,60?/m1/s1. The molecule has 0 saturated carbocycles. The lowest BCUT2D eigenvalue weighted by molar-refractivity contribution is -0.271. The normalized spacial score (nSPS) is 35.9. The maximum Gasteiger partial charge on any atom is 0.337 e. The zero-order chi connectivity index (χ0) is 58.2. The van der Waals surface area contributed by atoms with Gasteiger partial charge in [-0.2, -0.15) is 0 Å². The third-order valence-corrected chi connectivity index (χ3v) is 36.7. The Kier molecular flexibility index (Phi) is 24.7. The number of carbonyl (C=O) groups excluding carboxylic acids is 1. The molecule has 16 nitrogen and oxygen atoms in total. The molecule has 0 spiro atoms. The van der Waals surface area contributed by atoms with Gasteiger partial charge >= 0.3 is 7.60 Å². The summed E-state index contributed by atoms with van der Waals surface area (Å²) in [4.78, 5) is 14.0. The molecule has 8 rings (SSSR count). The van der Waals surface area contributed by atoms with Gasteiger partial charge in [0.05, 0.1) is 67.6 Å². The van der Waals surface area contributed by atoms with Crippen molar-refractivity contribution in [1.29, 1.82) is 0 Å². The number of aliphatic hydroxyl groups excluding tert-OH is 1. The van der Waals surface area contributed by atoms with Crippen LogP contribution < -0.4 is 0 Å². The van der Waals surface area contributed by atoms with E-state index >= 15 is 0 Å². The van der Waals surface area contributed by atoms with Gasteiger partial charge in [-0.1, -0.05) is 82.4 Å². The maximum absolute atomic E-state index is 14.0. The molecule has 0 amide bonds. The number of methoxy groups -OCH3 is 1. The fourth-order valence-corrected chi connectivity index (χ4v) is 24.3. The summed E-state index contributed by atoms with van der Waals surface area (Å²) in [6.07, 6.45) is 3.91. The van der Waals surface area contributed by atoms with Crippen LogP contribution in [0.2, 0.25) is 54.4 Å². The Morgan fingerprint density at radius 1 is 0.713 bits per heavy atom. The predicted molar refractivity (Wildman–Crippen MR) is 319 cm³/mol. The molecule has 8 saturated heterocycles.